The fourth-order valence-corrected chi connectivity index (χ4v) is 2.41. The minimum Gasteiger partial charge on any atom is -0.508 e. The zero-order chi connectivity index (χ0) is 13.9. The van der Waals surface area contributed by atoms with E-state index in [-0.39, 0.29) is 0 Å². The normalized spacial score (nSPS) is 11.3. The highest BCUT2D eigenvalue weighted by Crippen LogP contribution is 2.21. The number of hydrogen-bond acceptors (Lipinski definition) is 3. The summed E-state index contributed by atoms with van der Waals surface area (Å²) in [5.41, 5.74) is 2.36. The van der Waals surface area contributed by atoms with Crippen LogP contribution in [0, 0.1) is 0 Å². The second-order valence-electron chi connectivity index (χ2n) is 5.12. The average molecular weight is 267 g/mol. The van der Waals surface area contributed by atoms with Gasteiger partial charge in [0.25, 0.3) is 0 Å². The minimum absolute atomic E-state index is 0.307. The van der Waals surface area contributed by atoms with Crippen LogP contribution in [0.2, 0.25) is 0 Å². The maximum atomic E-state index is 9.47. The van der Waals surface area contributed by atoms with E-state index in [9.17, 15) is 5.11 Å². The first kappa shape index (κ1) is 12.7. The highest BCUT2D eigenvalue weighted by Gasteiger charge is 2.04. The average Bonchev–Trinajstić information content (AvgIpc) is 2.91. The third kappa shape index (κ3) is 2.81. The van der Waals surface area contributed by atoms with Gasteiger partial charge in [-0.15, -0.1) is 0 Å². The molecule has 3 aromatic rings. The third-order valence-corrected chi connectivity index (χ3v) is 3.34. The molecule has 2 N–H and O–H groups in total. The van der Waals surface area contributed by atoms with Gasteiger partial charge in [-0.2, -0.15) is 5.10 Å². The van der Waals surface area contributed by atoms with Crippen LogP contribution in [-0.4, -0.2) is 27.3 Å². The van der Waals surface area contributed by atoms with Crippen molar-refractivity contribution in [3.63, 3.8) is 0 Å². The Balaban J connectivity index is 1.75. The van der Waals surface area contributed by atoms with E-state index in [0.717, 1.165) is 29.6 Å². The van der Waals surface area contributed by atoms with Crippen molar-refractivity contribution in [1.82, 2.24) is 15.1 Å². The van der Waals surface area contributed by atoms with Crippen molar-refractivity contribution in [1.29, 1.82) is 0 Å². The highest BCUT2D eigenvalue weighted by molar-refractivity contribution is 5.84. The van der Waals surface area contributed by atoms with Crippen LogP contribution in [0.4, 0.5) is 0 Å². The van der Waals surface area contributed by atoms with Gasteiger partial charge in [-0.05, 0) is 47.6 Å². The van der Waals surface area contributed by atoms with Crippen LogP contribution in [0.3, 0.4) is 0 Å². The van der Waals surface area contributed by atoms with E-state index in [1.54, 1.807) is 18.3 Å². The summed E-state index contributed by atoms with van der Waals surface area (Å²) in [6.07, 6.45) is 1.77. The Morgan fingerprint density at radius 1 is 1.05 bits per heavy atom. The number of phenolic OH excluding ortho intramolecular Hbond substituents is 1. The van der Waals surface area contributed by atoms with Gasteiger partial charge in [0.05, 0.1) is 0 Å². The third-order valence-electron chi connectivity index (χ3n) is 3.34. The van der Waals surface area contributed by atoms with Crippen molar-refractivity contribution in [2.24, 2.45) is 0 Å². The summed E-state index contributed by atoms with van der Waals surface area (Å²) in [7, 11) is 2.09. The van der Waals surface area contributed by atoms with Crippen LogP contribution in [0.1, 0.15) is 11.3 Å². The molecule has 4 nitrogen and oxygen atoms in total. The molecule has 2 aromatic carbocycles. The maximum absolute atomic E-state index is 9.47. The molecule has 0 fully saturated rings. The van der Waals surface area contributed by atoms with E-state index in [1.807, 2.05) is 12.1 Å². The van der Waals surface area contributed by atoms with Crippen molar-refractivity contribution in [3.8, 4) is 5.75 Å². The Morgan fingerprint density at radius 2 is 1.85 bits per heavy atom. The van der Waals surface area contributed by atoms with E-state index in [2.05, 4.69) is 40.3 Å². The number of nitrogens with one attached hydrogen (secondary N) is 1. The van der Waals surface area contributed by atoms with Crippen LogP contribution in [0.5, 0.6) is 5.75 Å². The molecular weight excluding hydrogens is 250 g/mol. The summed E-state index contributed by atoms with van der Waals surface area (Å²) in [6.45, 7) is 1.71. The van der Waals surface area contributed by atoms with Gasteiger partial charge in [0, 0.05) is 25.0 Å². The molecule has 0 aliphatic rings. The van der Waals surface area contributed by atoms with E-state index in [4.69, 9.17) is 0 Å². The Kier molecular flexibility index (Phi) is 3.39. The number of benzene rings is 2. The molecule has 20 heavy (non-hydrogen) atoms. The molecule has 0 atom stereocenters. The predicted octanol–water partition coefficient (Wildman–Crippen LogP) is 2.90. The molecule has 0 amide bonds. The van der Waals surface area contributed by atoms with Crippen molar-refractivity contribution in [2.45, 2.75) is 13.1 Å². The Hall–Kier alpha value is -2.33. The standard InChI is InChI=1S/C16H17N3O/c1-19(11-15-6-7-17-18-15)10-12-2-3-14-9-16(20)5-4-13(14)8-12/h2-9,20H,10-11H2,1H3,(H,17,18). The second-order valence-corrected chi connectivity index (χ2v) is 5.12. The number of H-pyrrole nitrogens is 1. The van der Waals surface area contributed by atoms with Crippen LogP contribution in [0.25, 0.3) is 10.8 Å². The van der Waals surface area contributed by atoms with E-state index in [1.165, 1.54) is 5.56 Å². The first-order valence-corrected chi connectivity index (χ1v) is 6.59. The summed E-state index contributed by atoms with van der Waals surface area (Å²) >= 11 is 0. The van der Waals surface area contributed by atoms with Crippen LogP contribution >= 0.6 is 0 Å². The van der Waals surface area contributed by atoms with Gasteiger partial charge < -0.3 is 5.11 Å². The summed E-state index contributed by atoms with van der Waals surface area (Å²) in [4.78, 5) is 2.23. The number of hydrogen-bond donors (Lipinski definition) is 2. The van der Waals surface area contributed by atoms with E-state index < -0.39 is 0 Å². The number of aromatic nitrogens is 2. The molecule has 0 saturated carbocycles. The van der Waals surface area contributed by atoms with Crippen LogP contribution < -0.4 is 0 Å². The summed E-state index contributed by atoms with van der Waals surface area (Å²) in [6, 6.07) is 13.8. The topological polar surface area (TPSA) is 52.1 Å². The molecule has 4 heteroatoms. The lowest BCUT2D eigenvalue weighted by Gasteiger charge is -2.16. The van der Waals surface area contributed by atoms with Gasteiger partial charge in [-0.3, -0.25) is 10.00 Å². The number of fused-ring (bicyclic) bond motifs is 1. The van der Waals surface area contributed by atoms with Gasteiger partial charge >= 0.3 is 0 Å². The monoisotopic (exact) mass is 267 g/mol. The second kappa shape index (κ2) is 5.35. The Bertz CT molecular complexity index is 707. The molecule has 1 heterocycles. The number of aromatic amines is 1. The fraction of sp³-hybridized carbons (Fsp3) is 0.188. The minimum atomic E-state index is 0.307. The van der Waals surface area contributed by atoms with Gasteiger partial charge in [-0.25, -0.2) is 0 Å². The number of nitrogens with zero attached hydrogens (tertiary/aromatic N) is 2. The van der Waals surface area contributed by atoms with Gasteiger partial charge in [0.1, 0.15) is 5.75 Å². The van der Waals surface area contributed by atoms with Gasteiger partial charge in [-0.1, -0.05) is 18.2 Å². The molecule has 0 bridgehead atoms. The lowest BCUT2D eigenvalue weighted by Crippen LogP contribution is -2.17. The van der Waals surface area contributed by atoms with E-state index in [0.29, 0.717) is 5.75 Å². The summed E-state index contributed by atoms with van der Waals surface area (Å²) in [5, 5.41) is 18.6. The molecule has 0 unspecified atom stereocenters. The van der Waals surface area contributed by atoms with Crippen molar-refractivity contribution < 1.29 is 5.11 Å². The van der Waals surface area contributed by atoms with Crippen molar-refractivity contribution in [2.75, 3.05) is 7.05 Å². The molecule has 0 aliphatic heterocycles. The molecule has 0 spiro atoms. The number of aromatic hydroxyl groups is 1. The highest BCUT2D eigenvalue weighted by atomic mass is 16.3. The quantitative estimate of drug-likeness (QED) is 0.764. The molecule has 0 saturated heterocycles. The van der Waals surface area contributed by atoms with Crippen LogP contribution in [0.15, 0.2) is 48.7 Å². The van der Waals surface area contributed by atoms with Crippen molar-refractivity contribution in [3.05, 3.63) is 59.9 Å². The first-order valence-electron chi connectivity index (χ1n) is 6.59. The first-order chi connectivity index (χ1) is 9.70. The van der Waals surface area contributed by atoms with Crippen LogP contribution in [-0.2, 0) is 13.1 Å². The molecule has 1 aromatic heterocycles. The molecule has 3 rings (SSSR count). The summed E-state index contributed by atoms with van der Waals surface area (Å²) in [5.74, 6) is 0.307. The lowest BCUT2D eigenvalue weighted by molar-refractivity contribution is 0.315. The van der Waals surface area contributed by atoms with E-state index >= 15 is 0 Å². The molecule has 0 radical (unpaired) electrons. The molecular formula is C16H17N3O. The largest absolute Gasteiger partial charge is 0.508 e. The predicted molar refractivity (Wildman–Crippen MR) is 79.4 cm³/mol. The fourth-order valence-electron chi connectivity index (χ4n) is 2.41. The summed E-state index contributed by atoms with van der Waals surface area (Å²) < 4.78 is 0. The van der Waals surface area contributed by atoms with Gasteiger partial charge in [0.15, 0.2) is 0 Å². The number of phenols is 1. The smallest absolute Gasteiger partial charge is 0.116 e. The molecule has 102 valence electrons. The Labute approximate surface area is 117 Å². The maximum Gasteiger partial charge on any atom is 0.116 e. The number of rotatable bonds is 4. The Morgan fingerprint density at radius 3 is 2.65 bits per heavy atom. The van der Waals surface area contributed by atoms with Gasteiger partial charge in [0.2, 0.25) is 0 Å². The van der Waals surface area contributed by atoms with Crippen molar-refractivity contribution >= 4 is 10.8 Å². The molecule has 0 aliphatic carbocycles. The lowest BCUT2D eigenvalue weighted by atomic mass is 10.1. The zero-order valence-electron chi connectivity index (χ0n) is 11.4. The SMILES string of the molecule is CN(Cc1ccc2cc(O)ccc2c1)Cc1ccn[nH]1. The zero-order valence-corrected chi connectivity index (χ0v) is 11.4.